The van der Waals surface area contributed by atoms with Crippen LogP contribution >= 0.6 is 0 Å². The molecule has 2 N–H and O–H groups in total. The van der Waals surface area contributed by atoms with E-state index in [1.165, 1.54) is 11.0 Å². The standard InChI is InChI=1S/C26H25FN4O2/c1-16-12-13-18(17(2)14-16)15-28-26(33)30-24-25(32)31(3)22-11-7-5-9-20(22)23(29-24)19-8-4-6-10-21(19)27/h4-14,24H,15H2,1-3H3,(H2,28,30,33). The molecule has 1 atom stereocenters. The molecule has 3 aromatic carbocycles. The number of benzene rings is 3. The van der Waals surface area contributed by atoms with Crippen LogP contribution in [0, 0.1) is 19.7 Å². The van der Waals surface area contributed by atoms with E-state index in [2.05, 4.69) is 15.6 Å². The second kappa shape index (κ2) is 9.24. The van der Waals surface area contributed by atoms with Crippen LogP contribution in [0.25, 0.3) is 0 Å². The Labute approximate surface area is 192 Å². The topological polar surface area (TPSA) is 73.8 Å². The molecule has 4 rings (SSSR count). The second-order valence-electron chi connectivity index (χ2n) is 8.03. The highest BCUT2D eigenvalue weighted by Gasteiger charge is 2.31. The number of para-hydroxylation sites is 1. The van der Waals surface area contributed by atoms with E-state index in [0.717, 1.165) is 16.7 Å². The number of nitrogens with one attached hydrogen (secondary N) is 2. The number of hydrogen-bond acceptors (Lipinski definition) is 3. The summed E-state index contributed by atoms with van der Waals surface area (Å²) in [6.07, 6.45) is -1.21. The quantitative estimate of drug-likeness (QED) is 0.636. The normalized spacial score (nSPS) is 15.4. The van der Waals surface area contributed by atoms with E-state index in [4.69, 9.17) is 0 Å². The molecule has 1 heterocycles. The number of aliphatic imine (C=N–C) groups is 1. The van der Waals surface area contributed by atoms with Crippen molar-refractivity contribution in [1.29, 1.82) is 0 Å². The van der Waals surface area contributed by atoms with Gasteiger partial charge in [-0.3, -0.25) is 4.79 Å². The molecular formula is C26H25FN4O2. The lowest BCUT2D eigenvalue weighted by atomic mass is 10.00. The first-order chi connectivity index (χ1) is 15.8. The van der Waals surface area contributed by atoms with Gasteiger partial charge in [-0.05, 0) is 43.2 Å². The number of benzodiazepines with no additional fused rings is 1. The van der Waals surface area contributed by atoms with E-state index in [1.54, 1.807) is 49.5 Å². The van der Waals surface area contributed by atoms with Gasteiger partial charge in [-0.2, -0.15) is 0 Å². The lowest BCUT2D eigenvalue weighted by Crippen LogP contribution is -2.49. The number of rotatable bonds is 4. The average molecular weight is 445 g/mol. The average Bonchev–Trinajstić information content (AvgIpc) is 2.90. The van der Waals surface area contributed by atoms with Crippen molar-refractivity contribution in [2.45, 2.75) is 26.6 Å². The lowest BCUT2D eigenvalue weighted by molar-refractivity contribution is -0.119. The summed E-state index contributed by atoms with van der Waals surface area (Å²) in [5.41, 5.74) is 4.95. The van der Waals surface area contributed by atoms with Crippen LogP contribution in [-0.4, -0.2) is 30.9 Å². The third-order valence-corrected chi connectivity index (χ3v) is 5.68. The van der Waals surface area contributed by atoms with Crippen molar-refractivity contribution in [3.8, 4) is 0 Å². The molecule has 0 saturated carbocycles. The van der Waals surface area contributed by atoms with E-state index >= 15 is 0 Å². The van der Waals surface area contributed by atoms with Crippen LogP contribution in [0.3, 0.4) is 0 Å². The molecule has 3 amide bonds. The van der Waals surface area contributed by atoms with Crippen LogP contribution in [0.5, 0.6) is 0 Å². The fourth-order valence-corrected chi connectivity index (χ4v) is 3.88. The Balaban J connectivity index is 1.63. The van der Waals surface area contributed by atoms with Crippen molar-refractivity contribution in [3.05, 3.63) is 100 Å². The maximum Gasteiger partial charge on any atom is 0.317 e. The van der Waals surface area contributed by atoms with Crippen LogP contribution in [0.15, 0.2) is 71.7 Å². The Hall–Kier alpha value is -4.00. The van der Waals surface area contributed by atoms with Crippen molar-refractivity contribution in [2.24, 2.45) is 4.99 Å². The fourth-order valence-electron chi connectivity index (χ4n) is 3.88. The highest BCUT2D eigenvalue weighted by Crippen LogP contribution is 2.28. The van der Waals surface area contributed by atoms with E-state index in [-0.39, 0.29) is 5.56 Å². The molecule has 7 heteroatoms. The summed E-state index contributed by atoms with van der Waals surface area (Å²) in [5.74, 6) is -0.878. The summed E-state index contributed by atoms with van der Waals surface area (Å²) in [4.78, 5) is 31.8. The number of halogens is 1. The smallest absolute Gasteiger partial charge is 0.317 e. The SMILES string of the molecule is Cc1ccc(CNC(=O)NC2N=C(c3ccccc3F)c3ccccc3N(C)C2=O)c(C)c1. The molecule has 0 bridgehead atoms. The first-order valence-electron chi connectivity index (χ1n) is 10.7. The van der Waals surface area contributed by atoms with Gasteiger partial charge in [-0.1, -0.05) is 54.1 Å². The number of carbonyl (C=O) groups excluding carboxylic acids is 2. The molecule has 0 aliphatic carbocycles. The molecule has 1 aliphatic rings. The number of likely N-dealkylation sites (N-methyl/N-ethyl adjacent to an activating group) is 1. The molecule has 0 spiro atoms. The minimum Gasteiger partial charge on any atom is -0.334 e. The van der Waals surface area contributed by atoms with Crippen LogP contribution in [0.1, 0.15) is 27.8 Å². The zero-order valence-corrected chi connectivity index (χ0v) is 18.7. The van der Waals surface area contributed by atoms with Crippen molar-refractivity contribution in [2.75, 3.05) is 11.9 Å². The molecule has 3 aromatic rings. The predicted molar refractivity (Wildman–Crippen MR) is 127 cm³/mol. The van der Waals surface area contributed by atoms with Gasteiger partial charge in [0, 0.05) is 24.7 Å². The van der Waals surface area contributed by atoms with Crippen LogP contribution < -0.4 is 15.5 Å². The molecule has 1 aliphatic heterocycles. The van der Waals surface area contributed by atoms with Gasteiger partial charge >= 0.3 is 6.03 Å². The van der Waals surface area contributed by atoms with Gasteiger partial charge in [0.1, 0.15) is 5.82 Å². The minimum atomic E-state index is -1.21. The summed E-state index contributed by atoms with van der Waals surface area (Å²) in [5, 5.41) is 5.43. The van der Waals surface area contributed by atoms with Crippen molar-refractivity contribution >= 4 is 23.3 Å². The number of fused-ring (bicyclic) bond motifs is 1. The Kier molecular flexibility index (Phi) is 6.22. The molecule has 1 unspecified atom stereocenters. The van der Waals surface area contributed by atoms with Gasteiger partial charge in [0.15, 0.2) is 0 Å². The maximum atomic E-state index is 14.7. The minimum absolute atomic E-state index is 0.260. The number of aryl methyl sites for hydroxylation is 2. The van der Waals surface area contributed by atoms with Crippen LogP contribution in [0.4, 0.5) is 14.9 Å². The second-order valence-corrected chi connectivity index (χ2v) is 8.03. The Morgan fingerprint density at radius 2 is 1.73 bits per heavy atom. The first kappa shape index (κ1) is 22.2. The largest absolute Gasteiger partial charge is 0.334 e. The molecule has 0 aromatic heterocycles. The van der Waals surface area contributed by atoms with Gasteiger partial charge in [0.25, 0.3) is 5.91 Å². The summed E-state index contributed by atoms with van der Waals surface area (Å²) in [7, 11) is 1.61. The zero-order valence-electron chi connectivity index (χ0n) is 18.7. The van der Waals surface area contributed by atoms with Crippen molar-refractivity contribution in [3.63, 3.8) is 0 Å². The van der Waals surface area contributed by atoms with Crippen LogP contribution in [0.2, 0.25) is 0 Å². The molecular weight excluding hydrogens is 419 g/mol. The molecule has 0 radical (unpaired) electrons. The monoisotopic (exact) mass is 444 g/mol. The predicted octanol–water partition coefficient (Wildman–Crippen LogP) is 4.08. The van der Waals surface area contributed by atoms with Gasteiger partial charge in [0.2, 0.25) is 6.17 Å². The highest BCUT2D eigenvalue weighted by atomic mass is 19.1. The number of amides is 3. The fraction of sp³-hybridized carbons (Fsp3) is 0.192. The number of nitrogens with zero attached hydrogens (tertiary/aromatic N) is 2. The maximum absolute atomic E-state index is 14.7. The summed E-state index contributed by atoms with van der Waals surface area (Å²) in [6, 6.07) is 18.9. The van der Waals surface area contributed by atoms with E-state index in [9.17, 15) is 14.0 Å². The molecule has 168 valence electrons. The lowest BCUT2D eigenvalue weighted by Gasteiger charge is -2.21. The summed E-state index contributed by atoms with van der Waals surface area (Å²) >= 11 is 0. The van der Waals surface area contributed by atoms with Crippen molar-refractivity contribution < 1.29 is 14.0 Å². The Bertz CT molecular complexity index is 1250. The molecule has 0 saturated heterocycles. The number of anilines is 1. The van der Waals surface area contributed by atoms with Gasteiger partial charge in [0.05, 0.1) is 11.4 Å². The molecule has 6 nitrogen and oxygen atoms in total. The van der Waals surface area contributed by atoms with Crippen molar-refractivity contribution in [1.82, 2.24) is 10.6 Å². The Morgan fingerprint density at radius 3 is 2.45 bits per heavy atom. The van der Waals surface area contributed by atoms with Gasteiger partial charge in [-0.15, -0.1) is 0 Å². The van der Waals surface area contributed by atoms with E-state index in [0.29, 0.717) is 23.5 Å². The van der Waals surface area contributed by atoms with Crippen LogP contribution in [-0.2, 0) is 11.3 Å². The van der Waals surface area contributed by atoms with Gasteiger partial charge < -0.3 is 15.5 Å². The number of urea groups is 1. The number of carbonyl (C=O) groups is 2. The van der Waals surface area contributed by atoms with E-state index < -0.39 is 23.9 Å². The van der Waals surface area contributed by atoms with E-state index in [1.807, 2.05) is 32.0 Å². The highest BCUT2D eigenvalue weighted by molar-refractivity contribution is 6.20. The summed E-state index contributed by atoms with van der Waals surface area (Å²) < 4.78 is 14.7. The Morgan fingerprint density at radius 1 is 1.03 bits per heavy atom. The molecule has 0 fully saturated rings. The first-order valence-corrected chi connectivity index (χ1v) is 10.7. The third kappa shape index (κ3) is 4.62. The third-order valence-electron chi connectivity index (χ3n) is 5.68. The van der Waals surface area contributed by atoms with Gasteiger partial charge in [-0.25, -0.2) is 14.2 Å². The number of hydrogen-bond donors (Lipinski definition) is 2. The zero-order chi connectivity index (χ0) is 23.5. The summed E-state index contributed by atoms with van der Waals surface area (Å²) in [6.45, 7) is 4.29. The molecule has 33 heavy (non-hydrogen) atoms.